The van der Waals surface area contributed by atoms with Gasteiger partial charge in [0.1, 0.15) is 0 Å². The van der Waals surface area contributed by atoms with Gasteiger partial charge in [0.15, 0.2) is 0 Å². The highest BCUT2D eigenvalue weighted by Gasteiger charge is 2.18. The topological polar surface area (TPSA) is 4.93 Å². The fraction of sp³-hybridized carbons (Fsp3) is 0. The van der Waals surface area contributed by atoms with Crippen molar-refractivity contribution in [1.29, 1.82) is 0 Å². The summed E-state index contributed by atoms with van der Waals surface area (Å²) in [6, 6.07) is 42.7. The van der Waals surface area contributed by atoms with Gasteiger partial charge in [-0.3, -0.25) is 0 Å². The summed E-state index contributed by atoms with van der Waals surface area (Å²) in [6.07, 6.45) is 0. The van der Waals surface area contributed by atoms with E-state index in [0.29, 0.717) is 0 Å². The van der Waals surface area contributed by atoms with Crippen LogP contribution in [0.5, 0.6) is 0 Å². The predicted molar refractivity (Wildman–Crippen MR) is 172 cm³/mol. The Balaban J connectivity index is 1.51. The molecule has 0 aliphatic heterocycles. The van der Waals surface area contributed by atoms with Crippen LogP contribution in [-0.2, 0) is 0 Å². The van der Waals surface area contributed by atoms with Crippen molar-refractivity contribution in [2.75, 3.05) is 0 Å². The molecule has 0 amide bonds. The van der Waals surface area contributed by atoms with Crippen molar-refractivity contribution in [3.63, 3.8) is 0 Å². The number of hydrogen-bond donors (Lipinski definition) is 0. The van der Waals surface area contributed by atoms with Gasteiger partial charge in [-0.05, 0) is 104 Å². The highest BCUT2D eigenvalue weighted by atomic mass is 32.1. The average molecular weight is 532 g/mol. The Bertz CT molecular complexity index is 2390. The summed E-state index contributed by atoms with van der Waals surface area (Å²) in [4.78, 5) is 0. The molecule has 0 bridgehead atoms. The van der Waals surface area contributed by atoms with Gasteiger partial charge in [0, 0.05) is 36.8 Å². The summed E-state index contributed by atoms with van der Waals surface area (Å²) in [5.41, 5.74) is 6.28. The number of rotatable bonds is 2. The maximum Gasteiger partial charge on any atom is 0.0547 e. The van der Waals surface area contributed by atoms with E-state index in [9.17, 15) is 0 Å². The molecule has 0 saturated heterocycles. The molecule has 0 N–H and O–H groups in total. The molecule has 0 aliphatic carbocycles. The second kappa shape index (κ2) is 8.03. The van der Waals surface area contributed by atoms with Crippen LogP contribution in [0.25, 0.3) is 80.3 Å². The van der Waals surface area contributed by atoms with Gasteiger partial charge < -0.3 is 4.57 Å². The second-order valence-electron chi connectivity index (χ2n) is 10.2. The molecule has 0 saturated carbocycles. The first kappa shape index (κ1) is 21.5. The van der Waals surface area contributed by atoms with Gasteiger partial charge in [-0.1, -0.05) is 54.6 Å². The van der Waals surface area contributed by atoms with E-state index in [1.54, 1.807) is 0 Å². The third-order valence-electron chi connectivity index (χ3n) is 8.10. The highest BCUT2D eigenvalue weighted by molar-refractivity contribution is 7.18. The number of nitrogens with zero attached hydrogens (tertiary/aromatic N) is 1. The molecule has 0 aliphatic rings. The van der Waals surface area contributed by atoms with E-state index in [1.807, 2.05) is 22.7 Å². The minimum Gasteiger partial charge on any atom is -0.309 e. The maximum absolute atomic E-state index is 2.45. The monoisotopic (exact) mass is 531 g/mol. The zero-order valence-electron chi connectivity index (χ0n) is 20.9. The van der Waals surface area contributed by atoms with Gasteiger partial charge in [-0.2, -0.15) is 0 Å². The number of fused-ring (bicyclic) bond motifs is 8. The third-order valence-corrected chi connectivity index (χ3v) is 9.95. The molecule has 39 heavy (non-hydrogen) atoms. The lowest BCUT2D eigenvalue weighted by atomic mass is 9.91. The van der Waals surface area contributed by atoms with Crippen molar-refractivity contribution in [1.82, 2.24) is 4.57 Å². The highest BCUT2D eigenvalue weighted by Crippen LogP contribution is 2.44. The lowest BCUT2D eigenvalue weighted by Gasteiger charge is -2.13. The molecule has 3 aromatic heterocycles. The summed E-state index contributed by atoms with van der Waals surface area (Å²) in [5, 5.41) is 15.0. The SMILES string of the molecule is c1ccc(-n2c3ccccc3c3cc4c(cc32)c(-c2csc3ccccc23)cc2cc3sccc3cc24)cc1. The van der Waals surface area contributed by atoms with Gasteiger partial charge in [0.2, 0.25) is 0 Å². The number of aromatic nitrogens is 1. The predicted octanol–water partition coefficient (Wildman–Crippen LogP) is 11.2. The molecule has 0 fully saturated rings. The summed E-state index contributed by atoms with van der Waals surface area (Å²) in [5.74, 6) is 0. The molecular weight excluding hydrogens is 511 g/mol. The fourth-order valence-electron chi connectivity index (χ4n) is 6.34. The molecule has 6 aromatic carbocycles. The van der Waals surface area contributed by atoms with Crippen LogP contribution in [0.3, 0.4) is 0 Å². The molecule has 0 unspecified atom stereocenters. The van der Waals surface area contributed by atoms with E-state index < -0.39 is 0 Å². The van der Waals surface area contributed by atoms with Crippen LogP contribution < -0.4 is 0 Å². The van der Waals surface area contributed by atoms with Gasteiger partial charge in [0.25, 0.3) is 0 Å². The number of benzene rings is 6. The minimum atomic E-state index is 1.19. The van der Waals surface area contributed by atoms with Crippen molar-refractivity contribution < 1.29 is 0 Å². The van der Waals surface area contributed by atoms with Crippen LogP contribution in [0.4, 0.5) is 0 Å². The van der Waals surface area contributed by atoms with E-state index in [-0.39, 0.29) is 0 Å². The molecule has 3 heteroatoms. The Morgan fingerprint density at radius 3 is 2.18 bits per heavy atom. The Hall–Kier alpha value is -4.44. The fourth-order valence-corrected chi connectivity index (χ4v) is 8.12. The normalized spacial score (nSPS) is 12.1. The zero-order chi connectivity index (χ0) is 25.5. The summed E-state index contributed by atoms with van der Waals surface area (Å²) >= 11 is 3.65. The number of thiophene rings is 2. The van der Waals surface area contributed by atoms with E-state index in [4.69, 9.17) is 0 Å². The molecule has 0 spiro atoms. The Kier molecular flexibility index (Phi) is 4.43. The van der Waals surface area contributed by atoms with E-state index >= 15 is 0 Å². The van der Waals surface area contributed by atoms with E-state index in [2.05, 4.69) is 131 Å². The van der Waals surface area contributed by atoms with Gasteiger partial charge >= 0.3 is 0 Å². The van der Waals surface area contributed by atoms with Crippen molar-refractivity contribution in [2.45, 2.75) is 0 Å². The van der Waals surface area contributed by atoms with Crippen LogP contribution >= 0.6 is 22.7 Å². The van der Waals surface area contributed by atoms with E-state index in [0.717, 1.165) is 0 Å². The summed E-state index contributed by atoms with van der Waals surface area (Å²) in [6.45, 7) is 0. The Morgan fingerprint density at radius 2 is 1.26 bits per heavy atom. The zero-order valence-corrected chi connectivity index (χ0v) is 22.5. The lowest BCUT2D eigenvalue weighted by molar-refractivity contribution is 1.18. The van der Waals surface area contributed by atoms with Gasteiger partial charge in [-0.25, -0.2) is 0 Å². The molecule has 0 atom stereocenters. The molecule has 0 radical (unpaired) electrons. The quantitative estimate of drug-likeness (QED) is 0.196. The first-order valence-electron chi connectivity index (χ1n) is 13.2. The number of hydrogen-bond acceptors (Lipinski definition) is 2. The van der Waals surface area contributed by atoms with Crippen LogP contribution in [0.15, 0.2) is 126 Å². The van der Waals surface area contributed by atoms with Crippen LogP contribution in [0.1, 0.15) is 0 Å². The molecule has 3 heterocycles. The summed E-state index contributed by atoms with van der Waals surface area (Å²) < 4.78 is 5.09. The van der Waals surface area contributed by atoms with Gasteiger partial charge in [-0.15, -0.1) is 22.7 Å². The van der Waals surface area contributed by atoms with Crippen molar-refractivity contribution in [3.05, 3.63) is 126 Å². The van der Waals surface area contributed by atoms with Crippen LogP contribution in [0.2, 0.25) is 0 Å². The largest absolute Gasteiger partial charge is 0.309 e. The van der Waals surface area contributed by atoms with Crippen molar-refractivity contribution >= 4 is 86.2 Å². The smallest absolute Gasteiger partial charge is 0.0547 e. The van der Waals surface area contributed by atoms with Crippen LogP contribution in [0, 0.1) is 0 Å². The Labute approximate surface area is 232 Å². The van der Waals surface area contributed by atoms with Gasteiger partial charge in [0.05, 0.1) is 11.0 Å². The maximum atomic E-state index is 2.45. The van der Waals surface area contributed by atoms with Crippen molar-refractivity contribution in [3.8, 4) is 16.8 Å². The average Bonchev–Trinajstić information content (AvgIpc) is 3.70. The molecular formula is C36H21NS2. The molecule has 9 aromatic rings. The van der Waals surface area contributed by atoms with Crippen LogP contribution in [-0.4, -0.2) is 4.57 Å². The second-order valence-corrected chi connectivity index (χ2v) is 12.1. The first-order valence-corrected chi connectivity index (χ1v) is 14.9. The third kappa shape index (κ3) is 3.06. The standard InChI is InChI=1S/C36H21NS2/c1-2-8-24(9-3-1)37-33-12-6-4-10-25(33)31-19-29-27-16-22-14-15-38-36(22)18-23(27)17-28(30(29)20-34(31)37)32-21-39-35-13-7-5-11-26(32)35/h1-21H. The van der Waals surface area contributed by atoms with E-state index in [1.165, 1.54) is 80.3 Å². The minimum absolute atomic E-state index is 1.19. The molecule has 182 valence electrons. The molecule has 1 nitrogen and oxygen atoms in total. The molecule has 9 rings (SSSR count). The summed E-state index contributed by atoms with van der Waals surface area (Å²) in [7, 11) is 0. The Morgan fingerprint density at radius 1 is 0.436 bits per heavy atom. The lowest BCUT2D eigenvalue weighted by Crippen LogP contribution is -1.93. The van der Waals surface area contributed by atoms with Crippen molar-refractivity contribution in [2.24, 2.45) is 0 Å². The first-order chi connectivity index (χ1) is 19.3. The number of para-hydroxylation sites is 2.